The molecule has 1 saturated carbocycles. The van der Waals surface area contributed by atoms with Gasteiger partial charge < -0.3 is 14.2 Å². The summed E-state index contributed by atoms with van der Waals surface area (Å²) in [5, 5.41) is 39.4. The van der Waals surface area contributed by atoms with Crippen molar-refractivity contribution in [2.75, 3.05) is 7.11 Å². The number of benzene rings is 1. The molecular formula is C22H22N4O3. The van der Waals surface area contributed by atoms with Crippen molar-refractivity contribution in [2.45, 2.75) is 44.5 Å². The second-order valence-corrected chi connectivity index (χ2v) is 8.07. The molecule has 3 aliphatic rings. The third-order valence-corrected chi connectivity index (χ3v) is 6.99. The van der Waals surface area contributed by atoms with Crippen molar-refractivity contribution in [3.63, 3.8) is 0 Å². The van der Waals surface area contributed by atoms with Gasteiger partial charge in [0.05, 0.1) is 31.2 Å². The summed E-state index contributed by atoms with van der Waals surface area (Å²) in [7, 11) is 1.53. The molecule has 29 heavy (non-hydrogen) atoms. The van der Waals surface area contributed by atoms with Crippen LogP contribution < -0.4 is 4.74 Å². The molecular weight excluding hydrogens is 368 g/mol. The SMILES string of the molecule is CCC1CCC23OC(=N)C(C#N)(C2C1)C(C#N)(C#N)C(c1cccc(OC)c1)O3. The monoisotopic (exact) mass is 390 g/mol. The summed E-state index contributed by atoms with van der Waals surface area (Å²) < 4.78 is 17.7. The second kappa shape index (κ2) is 6.48. The van der Waals surface area contributed by atoms with Gasteiger partial charge in [-0.2, -0.15) is 15.8 Å². The van der Waals surface area contributed by atoms with Crippen LogP contribution in [0.2, 0.25) is 0 Å². The van der Waals surface area contributed by atoms with Crippen LogP contribution >= 0.6 is 0 Å². The second-order valence-electron chi connectivity index (χ2n) is 8.07. The van der Waals surface area contributed by atoms with Crippen LogP contribution in [0.15, 0.2) is 24.3 Å². The first-order chi connectivity index (χ1) is 14.0. The summed E-state index contributed by atoms with van der Waals surface area (Å²) in [6.45, 7) is 2.08. The van der Waals surface area contributed by atoms with E-state index in [1.165, 1.54) is 7.11 Å². The Balaban J connectivity index is 1.96. The molecule has 148 valence electrons. The Morgan fingerprint density at radius 2 is 2.00 bits per heavy atom. The Labute approximate surface area is 169 Å². The van der Waals surface area contributed by atoms with Crippen LogP contribution in [0.4, 0.5) is 0 Å². The molecule has 0 radical (unpaired) electrons. The van der Waals surface area contributed by atoms with Crippen LogP contribution in [0, 0.1) is 62.1 Å². The molecule has 1 aromatic carbocycles. The van der Waals surface area contributed by atoms with Crippen molar-refractivity contribution < 1.29 is 14.2 Å². The Morgan fingerprint density at radius 3 is 2.62 bits per heavy atom. The largest absolute Gasteiger partial charge is 0.497 e. The van der Waals surface area contributed by atoms with Crippen molar-refractivity contribution in [1.82, 2.24) is 0 Å². The van der Waals surface area contributed by atoms with E-state index in [9.17, 15) is 15.8 Å². The fraction of sp³-hybridized carbons (Fsp3) is 0.545. The molecule has 5 atom stereocenters. The fourth-order valence-corrected chi connectivity index (χ4v) is 5.39. The number of nitrogens with zero attached hydrogens (tertiary/aromatic N) is 3. The van der Waals surface area contributed by atoms with E-state index in [0.717, 1.165) is 12.8 Å². The van der Waals surface area contributed by atoms with E-state index in [2.05, 4.69) is 25.1 Å². The minimum atomic E-state index is -1.91. The lowest BCUT2D eigenvalue weighted by molar-refractivity contribution is -0.299. The summed E-state index contributed by atoms with van der Waals surface area (Å²) in [6.07, 6.45) is 1.84. The Morgan fingerprint density at radius 1 is 1.24 bits per heavy atom. The maximum absolute atomic E-state index is 10.3. The standard InChI is InChI=1S/C22H22N4O3/c1-3-14-7-8-22-17(9-14)21(13-25,19(26)29-22)20(11-23,12-24)18(28-22)15-5-4-6-16(10-15)27-2/h4-6,10,14,17-18,26H,3,7-9H2,1-2H3. The molecule has 5 unspecified atom stereocenters. The van der Waals surface area contributed by atoms with E-state index < -0.39 is 28.6 Å². The molecule has 3 fully saturated rings. The smallest absolute Gasteiger partial charge is 0.217 e. The number of hydrogen-bond acceptors (Lipinski definition) is 7. The van der Waals surface area contributed by atoms with Gasteiger partial charge in [-0.25, -0.2) is 0 Å². The van der Waals surface area contributed by atoms with Crippen LogP contribution in [-0.4, -0.2) is 18.8 Å². The average molecular weight is 390 g/mol. The van der Waals surface area contributed by atoms with Crippen LogP contribution in [0.5, 0.6) is 5.75 Å². The predicted molar refractivity (Wildman–Crippen MR) is 101 cm³/mol. The van der Waals surface area contributed by atoms with Gasteiger partial charge in [0.2, 0.25) is 17.1 Å². The van der Waals surface area contributed by atoms with Crippen LogP contribution in [0.25, 0.3) is 0 Å². The summed E-state index contributed by atoms with van der Waals surface area (Å²) in [5.74, 6) is -1.13. The van der Waals surface area contributed by atoms with Crippen LogP contribution in [-0.2, 0) is 9.47 Å². The quantitative estimate of drug-likeness (QED) is 0.836. The number of hydrogen-bond donors (Lipinski definition) is 1. The number of rotatable bonds is 3. The zero-order chi connectivity index (χ0) is 20.9. The van der Waals surface area contributed by atoms with E-state index in [4.69, 9.17) is 19.6 Å². The molecule has 2 saturated heterocycles. The Hall–Kier alpha value is -3.08. The van der Waals surface area contributed by atoms with E-state index in [0.29, 0.717) is 30.1 Å². The first kappa shape index (κ1) is 19.2. The van der Waals surface area contributed by atoms with E-state index in [1.54, 1.807) is 24.3 Å². The zero-order valence-corrected chi connectivity index (χ0v) is 16.4. The molecule has 7 nitrogen and oxygen atoms in total. The molecule has 1 aromatic rings. The molecule has 2 heterocycles. The van der Waals surface area contributed by atoms with E-state index in [-0.39, 0.29) is 5.90 Å². The molecule has 2 aliphatic heterocycles. The van der Waals surface area contributed by atoms with Gasteiger partial charge in [0.1, 0.15) is 11.9 Å². The number of ether oxygens (including phenoxy) is 3. The highest BCUT2D eigenvalue weighted by Crippen LogP contribution is 2.70. The first-order valence-electron chi connectivity index (χ1n) is 9.80. The molecule has 1 N–H and O–H groups in total. The van der Waals surface area contributed by atoms with Crippen molar-refractivity contribution in [1.29, 1.82) is 21.2 Å². The summed E-state index contributed by atoms with van der Waals surface area (Å²) in [5.41, 5.74) is -3.04. The van der Waals surface area contributed by atoms with Crippen LogP contribution in [0.1, 0.15) is 44.3 Å². The molecule has 2 bridgehead atoms. The zero-order valence-electron chi connectivity index (χ0n) is 16.4. The Kier molecular flexibility index (Phi) is 4.30. The lowest BCUT2D eigenvalue weighted by Crippen LogP contribution is -2.61. The van der Waals surface area contributed by atoms with Crippen molar-refractivity contribution in [2.24, 2.45) is 22.7 Å². The third kappa shape index (κ3) is 2.21. The minimum Gasteiger partial charge on any atom is -0.497 e. The third-order valence-electron chi connectivity index (χ3n) is 6.99. The summed E-state index contributed by atoms with van der Waals surface area (Å²) >= 11 is 0. The van der Waals surface area contributed by atoms with Gasteiger partial charge in [-0.3, -0.25) is 5.41 Å². The minimum absolute atomic E-state index is 0.324. The highest BCUT2D eigenvalue weighted by molar-refractivity contribution is 5.89. The maximum Gasteiger partial charge on any atom is 0.217 e. The lowest BCUT2D eigenvalue weighted by atomic mass is 9.50. The average Bonchev–Trinajstić information content (AvgIpc) is 2.97. The fourth-order valence-electron chi connectivity index (χ4n) is 5.39. The van der Waals surface area contributed by atoms with Crippen molar-refractivity contribution >= 4 is 5.90 Å². The molecule has 1 aliphatic carbocycles. The Bertz CT molecular complexity index is 973. The van der Waals surface area contributed by atoms with Gasteiger partial charge in [0.25, 0.3) is 0 Å². The number of nitrogens with one attached hydrogen (secondary N) is 1. The molecule has 0 aromatic heterocycles. The highest BCUT2D eigenvalue weighted by atomic mass is 16.7. The van der Waals surface area contributed by atoms with Gasteiger partial charge in [0, 0.05) is 6.42 Å². The van der Waals surface area contributed by atoms with Crippen molar-refractivity contribution in [3.05, 3.63) is 29.8 Å². The molecule has 0 amide bonds. The number of methoxy groups -OCH3 is 1. The van der Waals surface area contributed by atoms with Crippen molar-refractivity contribution in [3.8, 4) is 24.0 Å². The predicted octanol–water partition coefficient (Wildman–Crippen LogP) is 3.84. The van der Waals surface area contributed by atoms with Gasteiger partial charge in [-0.15, -0.1) is 0 Å². The van der Waals surface area contributed by atoms with E-state index >= 15 is 0 Å². The topological polar surface area (TPSA) is 123 Å². The summed E-state index contributed by atoms with van der Waals surface area (Å²) in [4.78, 5) is 0. The molecule has 4 rings (SSSR count). The highest BCUT2D eigenvalue weighted by Gasteiger charge is 2.80. The van der Waals surface area contributed by atoms with Crippen LogP contribution in [0.3, 0.4) is 0 Å². The van der Waals surface area contributed by atoms with Gasteiger partial charge in [-0.05, 0) is 36.5 Å². The van der Waals surface area contributed by atoms with Gasteiger partial charge in [0.15, 0.2) is 5.41 Å². The first-order valence-corrected chi connectivity index (χ1v) is 9.80. The maximum atomic E-state index is 10.3. The van der Waals surface area contributed by atoms with E-state index in [1.807, 2.05) is 0 Å². The lowest BCUT2D eigenvalue weighted by Gasteiger charge is -2.52. The van der Waals surface area contributed by atoms with Gasteiger partial charge in [-0.1, -0.05) is 25.5 Å². The number of nitriles is 3. The molecule has 7 heteroatoms. The van der Waals surface area contributed by atoms with Gasteiger partial charge >= 0.3 is 0 Å². The summed E-state index contributed by atoms with van der Waals surface area (Å²) in [6, 6.07) is 13.4. The normalized spacial score (nSPS) is 36.7. The molecule has 0 spiro atoms.